The summed E-state index contributed by atoms with van der Waals surface area (Å²) in [4.78, 5) is 0. The first-order chi connectivity index (χ1) is 1.73. The molecule has 0 bridgehead atoms. The van der Waals surface area contributed by atoms with Crippen LogP contribution in [0.5, 0.6) is 0 Å². The van der Waals surface area contributed by atoms with Crippen molar-refractivity contribution >= 4 is 28.3 Å². The molecule has 0 saturated heterocycles. The normalized spacial score (nSPS) is 9.00. The second-order valence-corrected chi connectivity index (χ2v) is 9.98. The van der Waals surface area contributed by atoms with Crippen LogP contribution in [0, 0.1) is 0 Å². The van der Waals surface area contributed by atoms with E-state index in [4.69, 9.17) is 28.3 Å². The van der Waals surface area contributed by atoms with E-state index in [-0.39, 0.29) is 6.15 Å². The maximum absolute atomic E-state index is 4.96. The van der Waals surface area contributed by atoms with Crippen molar-refractivity contribution in [3.05, 3.63) is 0 Å². The van der Waals surface area contributed by atoms with Crippen molar-refractivity contribution in [1.82, 2.24) is 6.15 Å². The van der Waals surface area contributed by atoms with Gasteiger partial charge in [0, 0.05) is 0 Å². The number of hydrogen-bond donors (Lipinski definition) is 1. The van der Waals surface area contributed by atoms with E-state index in [0.29, 0.717) is 0 Å². The summed E-state index contributed by atoms with van der Waals surface area (Å²) in [5, 5.41) is 0. The van der Waals surface area contributed by atoms with E-state index in [2.05, 4.69) is 0 Å². The molecule has 0 atom stereocenters. The van der Waals surface area contributed by atoms with E-state index >= 15 is 0 Å². The van der Waals surface area contributed by atoms with Crippen molar-refractivity contribution in [3.63, 3.8) is 0 Å². The molecule has 0 unspecified atom stereocenters. The van der Waals surface area contributed by atoms with Gasteiger partial charge in [0.05, 0.1) is 0 Å². The summed E-state index contributed by atoms with van der Waals surface area (Å²) in [5.41, 5.74) is 0. The predicted octanol–water partition coefficient (Wildman–Crippen LogP) is 2.23. The molecular formula is H3Cl3NPt. The van der Waals surface area contributed by atoms with Gasteiger partial charge in [-0.25, -0.2) is 0 Å². The van der Waals surface area contributed by atoms with Crippen molar-refractivity contribution in [3.8, 4) is 0 Å². The van der Waals surface area contributed by atoms with Crippen LogP contribution in [-0.2, 0) is 14.2 Å². The zero-order chi connectivity index (χ0) is 3.58. The summed E-state index contributed by atoms with van der Waals surface area (Å²) in [5.74, 6) is 0. The van der Waals surface area contributed by atoms with Gasteiger partial charge in [-0.3, -0.25) is 0 Å². The Morgan fingerprint density at radius 2 is 1.00 bits per heavy atom. The monoisotopic (exact) mass is 317 g/mol. The van der Waals surface area contributed by atoms with Crippen LogP contribution in [-0.4, -0.2) is 0 Å². The fourth-order valence-corrected chi connectivity index (χ4v) is 0. The Kier molecular flexibility index (Phi) is 10.7. The third-order valence-corrected chi connectivity index (χ3v) is 0. The fraction of sp³-hybridized carbons (Fsp3) is 0. The summed E-state index contributed by atoms with van der Waals surface area (Å²) < 4.78 is 0. The minimum absolute atomic E-state index is 0. The van der Waals surface area contributed by atoms with Crippen molar-refractivity contribution in [2.75, 3.05) is 0 Å². The van der Waals surface area contributed by atoms with Crippen LogP contribution in [0.25, 0.3) is 0 Å². The molecule has 0 aromatic rings. The molecule has 0 fully saturated rings. The van der Waals surface area contributed by atoms with E-state index in [9.17, 15) is 0 Å². The van der Waals surface area contributed by atoms with Gasteiger partial charge < -0.3 is 6.15 Å². The molecule has 0 aromatic heterocycles. The van der Waals surface area contributed by atoms with Gasteiger partial charge in [0.25, 0.3) is 0 Å². The van der Waals surface area contributed by atoms with Crippen LogP contribution in [0.4, 0.5) is 0 Å². The van der Waals surface area contributed by atoms with Gasteiger partial charge >= 0.3 is 42.4 Å². The molecule has 0 spiro atoms. The minimum atomic E-state index is -1.85. The molecule has 5 heavy (non-hydrogen) atoms. The van der Waals surface area contributed by atoms with Crippen LogP contribution >= 0.6 is 28.3 Å². The molecule has 0 rings (SSSR count). The first kappa shape index (κ1) is 9.72. The molecule has 5 heteroatoms. The molecular weight excluding hydrogens is 315 g/mol. The second kappa shape index (κ2) is 5.52. The van der Waals surface area contributed by atoms with Crippen LogP contribution in [0.3, 0.4) is 0 Å². The number of halogens is 3. The molecule has 3 N–H and O–H groups in total. The Morgan fingerprint density at radius 3 is 1.00 bits per heavy atom. The Hall–Kier alpha value is 1.52. The zero-order valence-electron chi connectivity index (χ0n) is 2.16. The van der Waals surface area contributed by atoms with Crippen molar-refractivity contribution in [2.45, 2.75) is 0 Å². The van der Waals surface area contributed by atoms with Crippen LogP contribution in [0.2, 0.25) is 0 Å². The molecule has 0 aliphatic rings. The van der Waals surface area contributed by atoms with E-state index < -0.39 is 14.2 Å². The van der Waals surface area contributed by atoms with Gasteiger partial charge in [-0.05, 0) is 0 Å². The summed E-state index contributed by atoms with van der Waals surface area (Å²) in [7, 11) is 14.9. The first-order valence-electron chi connectivity index (χ1n) is 0.359. The molecule has 0 heterocycles. The predicted molar refractivity (Wildman–Crippen MR) is 22.6 cm³/mol. The van der Waals surface area contributed by atoms with Gasteiger partial charge in [0.15, 0.2) is 0 Å². The second-order valence-electron chi connectivity index (χ2n) is 0.136. The maximum atomic E-state index is 4.96. The van der Waals surface area contributed by atoms with Crippen molar-refractivity contribution in [2.24, 2.45) is 0 Å². The molecule has 0 aliphatic heterocycles. The molecule has 39 valence electrons. The van der Waals surface area contributed by atoms with Crippen LogP contribution in [0.1, 0.15) is 0 Å². The summed E-state index contributed by atoms with van der Waals surface area (Å²) in [6.07, 6.45) is 0. The molecule has 0 aromatic carbocycles. The number of rotatable bonds is 0. The Morgan fingerprint density at radius 1 is 1.00 bits per heavy atom. The number of hydrogen-bond acceptors (Lipinski definition) is 1. The van der Waals surface area contributed by atoms with Crippen molar-refractivity contribution in [1.29, 1.82) is 0 Å². The summed E-state index contributed by atoms with van der Waals surface area (Å²) in [6.45, 7) is 0. The molecule has 0 aliphatic carbocycles. The van der Waals surface area contributed by atoms with Gasteiger partial charge in [-0.15, -0.1) is 0 Å². The Balaban J connectivity index is 0. The zero-order valence-corrected chi connectivity index (χ0v) is 6.70. The standard InChI is InChI=1S/3ClH.H3N.Pt/h3*1H;1H3;/q;;;;+3/p-3. The molecule has 0 saturated carbocycles. The average molecular weight is 318 g/mol. The average Bonchev–Trinajstić information content (AvgIpc) is 0.811. The quantitative estimate of drug-likeness (QED) is 0.730. The summed E-state index contributed by atoms with van der Waals surface area (Å²) >= 11 is -1.85. The SMILES string of the molecule is N.[Cl][Pt]([Cl])[Cl]. The molecule has 0 amide bonds. The van der Waals surface area contributed by atoms with Gasteiger partial charge in [-0.2, -0.15) is 0 Å². The molecule has 1 nitrogen and oxygen atoms in total. The van der Waals surface area contributed by atoms with Gasteiger partial charge in [0.1, 0.15) is 0 Å². The van der Waals surface area contributed by atoms with Crippen LogP contribution in [0.15, 0.2) is 0 Å². The van der Waals surface area contributed by atoms with Gasteiger partial charge in [0.2, 0.25) is 0 Å². The van der Waals surface area contributed by atoms with E-state index in [0.717, 1.165) is 0 Å². The van der Waals surface area contributed by atoms with Gasteiger partial charge in [-0.1, -0.05) is 0 Å². The van der Waals surface area contributed by atoms with Crippen LogP contribution < -0.4 is 6.15 Å². The molecule has 0 radical (unpaired) electrons. The summed E-state index contributed by atoms with van der Waals surface area (Å²) in [6, 6.07) is 0. The van der Waals surface area contributed by atoms with Crippen molar-refractivity contribution < 1.29 is 14.2 Å². The first-order valence-corrected chi connectivity index (χ1v) is 8.81. The van der Waals surface area contributed by atoms with E-state index in [1.807, 2.05) is 0 Å². The Bertz CT molecular complexity index is 11.6. The van der Waals surface area contributed by atoms with E-state index in [1.165, 1.54) is 0 Å². The topological polar surface area (TPSA) is 35.0 Å². The fourth-order valence-electron chi connectivity index (χ4n) is 0. The third kappa shape index (κ3) is 29.6. The van der Waals surface area contributed by atoms with E-state index in [1.54, 1.807) is 0 Å². The third-order valence-electron chi connectivity index (χ3n) is 0. The Labute approximate surface area is 48.5 Å².